The number of benzene rings is 2. The molecular weight excluding hydrogens is 1260 g/mol. The van der Waals surface area contributed by atoms with Gasteiger partial charge in [0.05, 0.1) is 46.1 Å². The Morgan fingerprint density at radius 3 is 2.22 bits per heavy atom. The number of carbonyl (C=O) groups is 6. The number of aliphatic hydroxyl groups excluding tert-OH is 1. The maximum Gasteiger partial charge on any atom is 0.258 e. The molecule has 2 saturated carbocycles. The van der Waals surface area contributed by atoms with E-state index < -0.39 is 64.2 Å². The molecule has 6 atom stereocenters. The molecule has 7 aliphatic rings. The summed E-state index contributed by atoms with van der Waals surface area (Å²) in [6.07, 6.45) is 7.05. The molecule has 5 aliphatic heterocycles. The number of hydrogen-bond acceptors (Lipinski definition) is 18. The molecule has 2 aromatic heterocycles. The first kappa shape index (κ1) is 70.1. The zero-order valence-electron chi connectivity index (χ0n) is 56.2. The van der Waals surface area contributed by atoms with E-state index >= 15 is 8.78 Å². The maximum atomic E-state index is 15.8. The van der Waals surface area contributed by atoms with Crippen molar-refractivity contribution in [2.75, 3.05) is 113 Å². The predicted molar refractivity (Wildman–Crippen MR) is 358 cm³/mol. The lowest BCUT2D eigenvalue weighted by Gasteiger charge is -2.48. The molecule has 0 unspecified atom stereocenters. The Hall–Kier alpha value is -7.20. The second-order valence-corrected chi connectivity index (χ2v) is 30.4. The molecule has 6 amide bonds. The molecule has 7 fully saturated rings. The highest BCUT2D eigenvalue weighted by molar-refractivity contribution is 7.13. The number of aliphatic hydroxyl groups is 1. The number of β-amino-alcohol motifs (C(OH)–C–C–N with tert-alkyl or cyclic N) is 1. The maximum absolute atomic E-state index is 15.8. The molecule has 2 aliphatic carbocycles. The van der Waals surface area contributed by atoms with Gasteiger partial charge in [0, 0.05) is 102 Å². The van der Waals surface area contributed by atoms with Gasteiger partial charge < -0.3 is 66.1 Å². The van der Waals surface area contributed by atoms with Crippen molar-refractivity contribution >= 4 is 64.1 Å². The smallest absolute Gasteiger partial charge is 0.258 e. The van der Waals surface area contributed by atoms with Crippen molar-refractivity contribution in [2.24, 2.45) is 22.7 Å². The minimum absolute atomic E-state index is 0.00398. The molecule has 1 spiro atoms. The molecule has 0 radical (unpaired) electrons. The highest BCUT2D eigenvalue weighted by atomic mass is 32.1. The van der Waals surface area contributed by atoms with Crippen molar-refractivity contribution in [1.82, 2.24) is 56.2 Å². The molecule has 11 rings (SSSR count). The standard InChI is InChI=1S/C69H95F3N14O9S/c1-43-61(96-42-79-43)44-9-10-45(32-76-63(91)54-29-49(87)36-86(54)64(92)62(66(2,3)4)80-65(93)69(72)11-12-69)55(28-44)95-39-60(90)75-19-8-20-83-33-46-25-50(26-47(46)34-83)94-38-59(89)74-18-7-17-73-56-31-57(78-41-77-56)84-23-15-68(16-24-84)40-85(37-58(88)81-68)53-30-51(70)48(27-52(53)71)35-82-21-13-67(5,6)14-22-82/h9-10,27-28,30-31,41-42,46-47,49-50,54,62,87H,7-8,11-26,29,32-40H2,1-6H3,(H,74,89)(H,75,90)(H,76,91)(H,80,93)(H,81,88)(H,73,77,78)/t46-,47+,49-,50-,54+,62-/m1/s1. The average Bonchev–Trinajstić information content (AvgIpc) is 1.55. The number of hydrogen-bond donors (Lipinski definition) is 7. The molecule has 7 N–H and O–H groups in total. The average molecular weight is 1350 g/mol. The van der Waals surface area contributed by atoms with Crippen LogP contribution in [-0.4, -0.2) is 204 Å². The number of halogens is 3. The van der Waals surface area contributed by atoms with E-state index in [-0.39, 0.29) is 87.0 Å². The van der Waals surface area contributed by atoms with Crippen molar-refractivity contribution in [3.63, 3.8) is 0 Å². The van der Waals surface area contributed by atoms with Crippen LogP contribution in [0.4, 0.5) is 30.5 Å². The Morgan fingerprint density at radius 2 is 1.52 bits per heavy atom. The second kappa shape index (κ2) is 29.9. The van der Waals surface area contributed by atoms with Gasteiger partial charge in [-0.2, -0.15) is 0 Å². The zero-order valence-corrected chi connectivity index (χ0v) is 57.0. The summed E-state index contributed by atoms with van der Waals surface area (Å²) in [5, 5.41) is 28.6. The fourth-order valence-corrected chi connectivity index (χ4v) is 15.2. The normalized spacial score (nSPS) is 23.3. The summed E-state index contributed by atoms with van der Waals surface area (Å²) in [5.41, 5.74) is 1.25. The number of aromatic nitrogens is 3. The predicted octanol–water partition coefficient (Wildman–Crippen LogP) is 5.63. The van der Waals surface area contributed by atoms with Crippen molar-refractivity contribution in [3.05, 3.63) is 76.7 Å². The number of fused-ring (bicyclic) bond motifs is 1. The minimum atomic E-state index is -2.00. The highest BCUT2D eigenvalue weighted by Gasteiger charge is 2.54. The largest absolute Gasteiger partial charge is 0.483 e. The van der Waals surface area contributed by atoms with Gasteiger partial charge in [-0.15, -0.1) is 11.3 Å². The van der Waals surface area contributed by atoms with Crippen LogP contribution in [-0.2, 0) is 46.6 Å². The monoisotopic (exact) mass is 1350 g/mol. The summed E-state index contributed by atoms with van der Waals surface area (Å²) in [6, 6.07) is 7.76. The van der Waals surface area contributed by atoms with Crippen LogP contribution < -0.4 is 46.4 Å². The van der Waals surface area contributed by atoms with Crippen molar-refractivity contribution in [2.45, 2.75) is 161 Å². The number of nitrogens with zero attached hydrogens (tertiary/aromatic N) is 8. The van der Waals surface area contributed by atoms with Gasteiger partial charge in [-0.25, -0.2) is 28.1 Å². The first-order chi connectivity index (χ1) is 45.8. The lowest BCUT2D eigenvalue weighted by atomic mass is 9.82. The van der Waals surface area contributed by atoms with Crippen LogP contribution in [0, 0.1) is 41.2 Å². The van der Waals surface area contributed by atoms with E-state index in [9.17, 15) is 38.3 Å². The number of anilines is 3. The van der Waals surface area contributed by atoms with Crippen molar-refractivity contribution in [1.29, 1.82) is 0 Å². The lowest BCUT2D eigenvalue weighted by molar-refractivity contribution is -0.145. The molecule has 5 saturated heterocycles. The van der Waals surface area contributed by atoms with Gasteiger partial charge in [0.15, 0.2) is 12.3 Å². The molecule has 96 heavy (non-hydrogen) atoms. The summed E-state index contributed by atoms with van der Waals surface area (Å²) in [5.74, 6) is -0.917. The number of piperazine rings is 1. The number of alkyl halides is 1. The number of likely N-dealkylation sites (tertiary alicyclic amines) is 3. The third-order valence-electron chi connectivity index (χ3n) is 20.4. The molecule has 4 aromatic rings. The van der Waals surface area contributed by atoms with Crippen molar-refractivity contribution < 1.29 is 56.5 Å². The molecule has 27 heteroatoms. The van der Waals surface area contributed by atoms with Crippen LogP contribution in [0.3, 0.4) is 0 Å². The molecule has 23 nitrogen and oxygen atoms in total. The Balaban J connectivity index is 0.554. The molecule has 522 valence electrons. The first-order valence-electron chi connectivity index (χ1n) is 34.1. The quantitative estimate of drug-likeness (QED) is 0.0376. The Morgan fingerprint density at radius 1 is 0.802 bits per heavy atom. The van der Waals surface area contributed by atoms with E-state index in [0.717, 1.165) is 86.8 Å². The Labute approximate surface area is 564 Å². The van der Waals surface area contributed by atoms with Gasteiger partial charge in [-0.3, -0.25) is 33.7 Å². The number of carbonyl (C=O) groups excluding carboxylic acids is 6. The fraction of sp³-hybridized carbons (Fsp3) is 0.638. The number of rotatable bonds is 26. The third kappa shape index (κ3) is 17.6. The Bertz CT molecular complexity index is 3450. The summed E-state index contributed by atoms with van der Waals surface area (Å²) in [4.78, 5) is 104. The fourth-order valence-electron chi connectivity index (χ4n) is 14.4. The van der Waals surface area contributed by atoms with Crippen LogP contribution >= 0.6 is 11.3 Å². The number of thiazole rings is 1. The van der Waals surface area contributed by atoms with Crippen molar-refractivity contribution in [3.8, 4) is 16.2 Å². The van der Waals surface area contributed by atoms with E-state index in [0.29, 0.717) is 99.6 Å². The minimum Gasteiger partial charge on any atom is -0.483 e. The summed E-state index contributed by atoms with van der Waals surface area (Å²) in [6.45, 7) is 18.9. The number of piperidine rings is 2. The van der Waals surface area contributed by atoms with E-state index in [1.165, 1.54) is 34.7 Å². The summed E-state index contributed by atoms with van der Waals surface area (Å²) < 4.78 is 58.3. The molecular formula is C69H95F3N14O9S. The van der Waals surface area contributed by atoms with Gasteiger partial charge >= 0.3 is 0 Å². The zero-order chi connectivity index (χ0) is 68.1. The van der Waals surface area contributed by atoms with Gasteiger partial charge in [-0.1, -0.05) is 46.8 Å². The molecule has 2 aromatic carbocycles. The third-order valence-corrected chi connectivity index (χ3v) is 21.4. The topological polar surface area (TPSA) is 268 Å². The first-order valence-corrected chi connectivity index (χ1v) is 35.0. The van der Waals surface area contributed by atoms with Crippen LogP contribution in [0.5, 0.6) is 5.75 Å². The lowest BCUT2D eigenvalue weighted by Crippen LogP contribution is -2.66. The highest BCUT2D eigenvalue weighted by Crippen LogP contribution is 2.42. The van der Waals surface area contributed by atoms with Gasteiger partial charge in [0.25, 0.3) is 11.8 Å². The SMILES string of the molecule is Cc1ncsc1-c1ccc(CNC(=O)[C@@H]2C[C@@H](O)CN2C(=O)[C@@H](NC(=O)C2(F)CC2)C(C)(C)C)c(OCC(=O)NCCCN2C[C@H]3C[C@@H](OCC(=O)NCCCNc4cc(N5CCC6(CC5)CN(c5cc(F)c(CN7CCC(C)(C)CC7)cc5F)CC(=O)N6)ncn4)C[C@H]3C2)c1. The molecule has 7 heterocycles. The van der Waals surface area contributed by atoms with E-state index in [2.05, 4.69) is 75.4 Å². The second-order valence-electron chi connectivity index (χ2n) is 29.5. The molecule has 0 bridgehead atoms. The van der Waals surface area contributed by atoms with Gasteiger partial charge in [0.2, 0.25) is 23.6 Å². The van der Waals surface area contributed by atoms with E-state index in [1.807, 2.05) is 25.1 Å². The van der Waals surface area contributed by atoms with E-state index in [4.69, 9.17) is 9.47 Å². The summed E-state index contributed by atoms with van der Waals surface area (Å²) in [7, 11) is 0. The summed E-state index contributed by atoms with van der Waals surface area (Å²) >= 11 is 1.46. The van der Waals surface area contributed by atoms with Gasteiger partial charge in [0.1, 0.15) is 54.0 Å². The van der Waals surface area contributed by atoms with Crippen LogP contribution in [0.2, 0.25) is 0 Å². The van der Waals surface area contributed by atoms with Crippen LogP contribution in [0.25, 0.3) is 10.4 Å². The van der Waals surface area contributed by atoms with E-state index in [1.54, 1.807) is 37.2 Å². The number of nitrogens with one attached hydrogen (secondary N) is 6. The number of aryl methyl sites for hydroxylation is 1. The van der Waals surface area contributed by atoms with Crippen LogP contribution in [0.15, 0.2) is 48.2 Å². The van der Waals surface area contributed by atoms with Gasteiger partial charge in [-0.05, 0) is 131 Å². The number of amides is 6. The Kier molecular flexibility index (Phi) is 21.8. The van der Waals surface area contributed by atoms with Crippen LogP contribution in [0.1, 0.15) is 122 Å². The number of ether oxygens (including phenoxy) is 2.